The van der Waals surface area contributed by atoms with Gasteiger partial charge in [-0.05, 0) is 37.7 Å². The largest absolute Gasteiger partial charge is 0.360 e. The number of hydrogen-bond donors (Lipinski definition) is 1. The van der Waals surface area contributed by atoms with Gasteiger partial charge < -0.3 is 9.84 Å². The minimum Gasteiger partial charge on any atom is -0.360 e. The van der Waals surface area contributed by atoms with E-state index in [0.717, 1.165) is 37.9 Å². The van der Waals surface area contributed by atoms with Crippen molar-refractivity contribution in [2.45, 2.75) is 38.0 Å². The van der Waals surface area contributed by atoms with Gasteiger partial charge in [0.15, 0.2) is 5.69 Å². The highest BCUT2D eigenvalue weighted by molar-refractivity contribution is 5.92. The number of aryl methyl sites for hydroxylation is 1. The van der Waals surface area contributed by atoms with Crippen LogP contribution in [0.15, 0.2) is 40.9 Å². The monoisotopic (exact) mass is 284 g/mol. The van der Waals surface area contributed by atoms with E-state index < -0.39 is 0 Å². The van der Waals surface area contributed by atoms with Crippen molar-refractivity contribution in [3.05, 3.63) is 53.4 Å². The molecule has 1 aliphatic carbocycles. The van der Waals surface area contributed by atoms with Crippen LogP contribution in [0.4, 0.5) is 0 Å². The lowest BCUT2D eigenvalue weighted by Gasteiger charge is -2.03. The third-order valence-corrected chi connectivity index (χ3v) is 3.76. The van der Waals surface area contributed by atoms with E-state index in [1.165, 1.54) is 5.56 Å². The number of carbonyl (C=O) groups is 1. The predicted molar refractivity (Wildman–Crippen MR) is 80.2 cm³/mol. The number of aromatic nitrogens is 1. The van der Waals surface area contributed by atoms with Gasteiger partial charge in [-0.1, -0.05) is 35.5 Å². The summed E-state index contributed by atoms with van der Waals surface area (Å²) in [5, 5.41) is 6.73. The highest BCUT2D eigenvalue weighted by Crippen LogP contribution is 2.40. The summed E-state index contributed by atoms with van der Waals surface area (Å²) in [5.41, 5.74) is 1.74. The molecule has 1 saturated carbocycles. The summed E-state index contributed by atoms with van der Waals surface area (Å²) < 4.78 is 5.18. The molecule has 1 amide bonds. The molecule has 0 spiro atoms. The molecule has 4 heteroatoms. The molecule has 2 aromatic rings. The van der Waals surface area contributed by atoms with Crippen LogP contribution in [0.25, 0.3) is 0 Å². The Morgan fingerprint density at radius 2 is 2.05 bits per heavy atom. The van der Waals surface area contributed by atoms with Crippen molar-refractivity contribution in [1.82, 2.24) is 10.5 Å². The molecular weight excluding hydrogens is 264 g/mol. The second-order valence-corrected chi connectivity index (χ2v) is 5.59. The molecule has 1 heterocycles. The van der Waals surface area contributed by atoms with Gasteiger partial charge in [-0.2, -0.15) is 0 Å². The first-order valence-electron chi connectivity index (χ1n) is 7.61. The van der Waals surface area contributed by atoms with Gasteiger partial charge in [0.2, 0.25) is 0 Å². The van der Waals surface area contributed by atoms with E-state index in [1.807, 2.05) is 6.07 Å². The van der Waals surface area contributed by atoms with E-state index in [9.17, 15) is 4.79 Å². The molecule has 1 aromatic carbocycles. The molecule has 1 aromatic heterocycles. The Morgan fingerprint density at radius 1 is 1.24 bits per heavy atom. The number of nitrogens with zero attached hydrogens (tertiary/aromatic N) is 1. The second-order valence-electron chi connectivity index (χ2n) is 5.59. The summed E-state index contributed by atoms with van der Waals surface area (Å²) in [6.45, 7) is 0.678. The molecule has 0 unspecified atom stereocenters. The average Bonchev–Trinajstić information content (AvgIpc) is 3.25. The smallest absolute Gasteiger partial charge is 0.273 e. The fourth-order valence-electron chi connectivity index (χ4n) is 2.35. The van der Waals surface area contributed by atoms with Crippen LogP contribution in [0.3, 0.4) is 0 Å². The molecular formula is C17H20N2O2. The molecule has 0 saturated heterocycles. The SMILES string of the molecule is O=C(NCCCCc1ccccc1)c1cc(C2CC2)on1. The van der Waals surface area contributed by atoms with Crippen molar-refractivity contribution >= 4 is 5.91 Å². The fourth-order valence-corrected chi connectivity index (χ4v) is 2.35. The molecule has 0 atom stereocenters. The van der Waals surface area contributed by atoms with Crippen molar-refractivity contribution < 1.29 is 9.32 Å². The Bertz CT molecular complexity index is 588. The maximum Gasteiger partial charge on any atom is 0.273 e. The Balaban J connectivity index is 1.35. The van der Waals surface area contributed by atoms with Crippen LogP contribution in [0.1, 0.15) is 53.4 Å². The number of nitrogens with one attached hydrogen (secondary N) is 1. The molecule has 110 valence electrons. The van der Waals surface area contributed by atoms with Gasteiger partial charge in [0.25, 0.3) is 5.91 Å². The zero-order chi connectivity index (χ0) is 14.5. The molecule has 1 fully saturated rings. The van der Waals surface area contributed by atoms with Gasteiger partial charge in [0, 0.05) is 18.5 Å². The van der Waals surface area contributed by atoms with E-state index >= 15 is 0 Å². The summed E-state index contributed by atoms with van der Waals surface area (Å²) in [5.74, 6) is 1.21. The summed E-state index contributed by atoms with van der Waals surface area (Å²) in [6.07, 6.45) is 5.38. The Labute approximate surface area is 124 Å². The van der Waals surface area contributed by atoms with Gasteiger partial charge in [0.05, 0.1) is 0 Å². The highest BCUT2D eigenvalue weighted by atomic mass is 16.5. The van der Waals surface area contributed by atoms with Crippen LogP contribution in [0.2, 0.25) is 0 Å². The first-order valence-corrected chi connectivity index (χ1v) is 7.61. The number of hydrogen-bond acceptors (Lipinski definition) is 3. The zero-order valence-electron chi connectivity index (χ0n) is 12.0. The van der Waals surface area contributed by atoms with Crippen LogP contribution in [-0.4, -0.2) is 17.6 Å². The number of benzene rings is 1. The lowest BCUT2D eigenvalue weighted by molar-refractivity contribution is 0.0944. The third kappa shape index (κ3) is 3.94. The minimum atomic E-state index is -0.134. The number of amides is 1. The van der Waals surface area contributed by atoms with Gasteiger partial charge in [-0.3, -0.25) is 4.79 Å². The Morgan fingerprint density at radius 3 is 2.81 bits per heavy atom. The molecule has 0 bridgehead atoms. The molecule has 1 aliphatic rings. The summed E-state index contributed by atoms with van der Waals surface area (Å²) in [7, 11) is 0. The second kappa shape index (κ2) is 6.57. The van der Waals surface area contributed by atoms with Crippen molar-refractivity contribution in [3.63, 3.8) is 0 Å². The standard InChI is InChI=1S/C17H20N2O2/c20-17(15-12-16(21-19-15)14-9-10-14)18-11-5-4-8-13-6-2-1-3-7-13/h1-3,6-7,12,14H,4-5,8-11H2,(H,18,20). The van der Waals surface area contributed by atoms with Crippen molar-refractivity contribution in [3.8, 4) is 0 Å². The average molecular weight is 284 g/mol. The molecule has 0 radical (unpaired) electrons. The van der Waals surface area contributed by atoms with Crippen LogP contribution >= 0.6 is 0 Å². The maximum atomic E-state index is 11.9. The van der Waals surface area contributed by atoms with E-state index in [0.29, 0.717) is 18.2 Å². The molecule has 4 nitrogen and oxygen atoms in total. The predicted octanol–water partition coefficient (Wildman–Crippen LogP) is 3.30. The number of carbonyl (C=O) groups excluding carboxylic acids is 1. The van der Waals surface area contributed by atoms with Crippen LogP contribution in [0, 0.1) is 0 Å². The first-order chi connectivity index (χ1) is 10.3. The van der Waals surface area contributed by atoms with Crippen molar-refractivity contribution in [1.29, 1.82) is 0 Å². The third-order valence-electron chi connectivity index (χ3n) is 3.76. The topological polar surface area (TPSA) is 55.1 Å². The quantitative estimate of drug-likeness (QED) is 0.794. The Hall–Kier alpha value is -2.10. The van der Waals surface area contributed by atoms with E-state index in [2.05, 4.69) is 34.7 Å². The minimum absolute atomic E-state index is 0.134. The molecule has 0 aliphatic heterocycles. The van der Waals surface area contributed by atoms with Crippen LogP contribution in [-0.2, 0) is 6.42 Å². The van der Waals surface area contributed by atoms with Crippen molar-refractivity contribution in [2.24, 2.45) is 0 Å². The molecule has 21 heavy (non-hydrogen) atoms. The fraction of sp³-hybridized carbons (Fsp3) is 0.412. The van der Waals surface area contributed by atoms with Gasteiger partial charge in [-0.25, -0.2) is 0 Å². The van der Waals surface area contributed by atoms with Crippen LogP contribution < -0.4 is 5.32 Å². The summed E-state index contributed by atoms with van der Waals surface area (Å²) in [6, 6.07) is 12.2. The maximum absolute atomic E-state index is 11.9. The number of unbranched alkanes of at least 4 members (excludes halogenated alkanes) is 1. The highest BCUT2D eigenvalue weighted by Gasteiger charge is 2.28. The van der Waals surface area contributed by atoms with Gasteiger partial charge in [0.1, 0.15) is 5.76 Å². The first kappa shape index (κ1) is 13.9. The van der Waals surface area contributed by atoms with Gasteiger partial charge >= 0.3 is 0 Å². The van der Waals surface area contributed by atoms with E-state index in [-0.39, 0.29) is 5.91 Å². The summed E-state index contributed by atoms with van der Waals surface area (Å²) in [4.78, 5) is 11.9. The molecule has 1 N–H and O–H groups in total. The Kier molecular flexibility index (Phi) is 4.34. The number of rotatable bonds is 7. The van der Waals surface area contributed by atoms with Crippen molar-refractivity contribution in [2.75, 3.05) is 6.54 Å². The van der Waals surface area contributed by atoms with E-state index in [1.54, 1.807) is 6.07 Å². The summed E-state index contributed by atoms with van der Waals surface area (Å²) >= 11 is 0. The normalized spacial score (nSPS) is 14.1. The lowest BCUT2D eigenvalue weighted by atomic mass is 10.1. The lowest BCUT2D eigenvalue weighted by Crippen LogP contribution is -2.24. The van der Waals surface area contributed by atoms with E-state index in [4.69, 9.17) is 4.52 Å². The van der Waals surface area contributed by atoms with Gasteiger partial charge in [-0.15, -0.1) is 0 Å². The zero-order valence-corrected chi connectivity index (χ0v) is 12.0. The molecule has 3 rings (SSSR count). The van der Waals surface area contributed by atoms with Crippen LogP contribution in [0.5, 0.6) is 0 Å².